The van der Waals surface area contributed by atoms with E-state index in [0.29, 0.717) is 37.0 Å². The van der Waals surface area contributed by atoms with E-state index in [0.717, 1.165) is 25.7 Å². The monoisotopic (exact) mass is 324 g/mol. The van der Waals surface area contributed by atoms with E-state index < -0.39 is 6.10 Å². The zero-order valence-corrected chi connectivity index (χ0v) is 14.2. The van der Waals surface area contributed by atoms with E-state index in [4.69, 9.17) is 9.47 Å². The molecule has 0 bridgehead atoms. The van der Waals surface area contributed by atoms with Crippen molar-refractivity contribution >= 4 is 11.8 Å². The van der Waals surface area contributed by atoms with E-state index in [-0.39, 0.29) is 24.0 Å². The van der Waals surface area contributed by atoms with Crippen LogP contribution in [0.3, 0.4) is 0 Å². The number of Topliss-reactive ketones (excluding diaryl/α,β-unsaturated/α-hetero) is 1. The van der Waals surface area contributed by atoms with E-state index in [9.17, 15) is 14.7 Å². The zero-order chi connectivity index (χ0) is 16.8. The Balaban J connectivity index is 2.02. The molecule has 0 aromatic carbocycles. The summed E-state index contributed by atoms with van der Waals surface area (Å²) in [4.78, 5) is 23.3. The van der Waals surface area contributed by atoms with Crippen molar-refractivity contribution < 1.29 is 24.2 Å². The summed E-state index contributed by atoms with van der Waals surface area (Å²) in [5.74, 6) is 0.188. The number of ether oxygens (including phenoxy) is 2. The molecule has 130 valence electrons. The van der Waals surface area contributed by atoms with Crippen molar-refractivity contribution in [3.63, 3.8) is 0 Å². The van der Waals surface area contributed by atoms with Gasteiger partial charge in [0.05, 0.1) is 0 Å². The maximum atomic E-state index is 11.9. The molecule has 5 heteroatoms. The van der Waals surface area contributed by atoms with E-state index in [2.05, 4.69) is 6.92 Å². The third kappa shape index (κ3) is 4.80. The maximum absolute atomic E-state index is 11.9. The topological polar surface area (TPSA) is 72.8 Å². The van der Waals surface area contributed by atoms with Crippen LogP contribution in [0.2, 0.25) is 0 Å². The Bertz CT molecular complexity index is 468. The quantitative estimate of drug-likeness (QED) is 0.575. The summed E-state index contributed by atoms with van der Waals surface area (Å²) < 4.78 is 11.4. The van der Waals surface area contributed by atoms with Gasteiger partial charge in [-0.2, -0.15) is 0 Å². The van der Waals surface area contributed by atoms with E-state index in [1.165, 1.54) is 13.3 Å². The number of rotatable bonds is 7. The van der Waals surface area contributed by atoms with Crippen LogP contribution in [0.1, 0.15) is 71.6 Å². The molecule has 0 unspecified atom stereocenters. The summed E-state index contributed by atoms with van der Waals surface area (Å²) in [5.41, 5.74) is 0.632. The highest BCUT2D eigenvalue weighted by Gasteiger charge is 2.37. The van der Waals surface area contributed by atoms with Crippen LogP contribution in [0, 0.1) is 0 Å². The molecule has 0 spiro atoms. The Labute approximate surface area is 138 Å². The predicted octanol–water partition coefficient (Wildman–Crippen LogP) is 3.05. The largest absolute Gasteiger partial charge is 0.488 e. The molecule has 23 heavy (non-hydrogen) atoms. The second-order valence-corrected chi connectivity index (χ2v) is 6.51. The molecule has 0 saturated carbocycles. The molecule has 5 nitrogen and oxygen atoms in total. The number of aliphatic hydroxyl groups excluding tert-OH is 1. The summed E-state index contributed by atoms with van der Waals surface area (Å²) in [6, 6.07) is 0. The summed E-state index contributed by atoms with van der Waals surface area (Å²) in [6.07, 6.45) is 5.96. The van der Waals surface area contributed by atoms with Gasteiger partial charge in [0.25, 0.3) is 0 Å². The lowest BCUT2D eigenvalue weighted by Gasteiger charge is -2.36. The van der Waals surface area contributed by atoms with Crippen LogP contribution in [0.15, 0.2) is 11.3 Å². The van der Waals surface area contributed by atoms with Gasteiger partial charge in [0.2, 0.25) is 0 Å². The van der Waals surface area contributed by atoms with Crippen LogP contribution in [-0.4, -0.2) is 35.2 Å². The van der Waals surface area contributed by atoms with Gasteiger partial charge in [-0.1, -0.05) is 26.2 Å². The Hall–Kier alpha value is -1.36. The first-order valence-corrected chi connectivity index (χ1v) is 8.81. The average molecular weight is 324 g/mol. The van der Waals surface area contributed by atoms with Crippen LogP contribution < -0.4 is 0 Å². The van der Waals surface area contributed by atoms with Gasteiger partial charge in [-0.25, -0.2) is 0 Å². The fourth-order valence-corrected chi connectivity index (χ4v) is 3.38. The SMILES string of the molecule is CCCCCC[C@H](OC(C)=O)[C@H]1CCC2=C(O1)[C@H](O)CCC2=O. The van der Waals surface area contributed by atoms with Gasteiger partial charge in [0, 0.05) is 18.9 Å². The molecule has 1 aliphatic carbocycles. The van der Waals surface area contributed by atoms with Crippen molar-refractivity contribution in [3.05, 3.63) is 11.3 Å². The highest BCUT2D eigenvalue weighted by atomic mass is 16.6. The molecule has 0 aromatic heterocycles. The number of ketones is 1. The molecule has 0 fully saturated rings. The van der Waals surface area contributed by atoms with Gasteiger partial charge in [-0.3, -0.25) is 9.59 Å². The first-order valence-electron chi connectivity index (χ1n) is 8.81. The van der Waals surface area contributed by atoms with Gasteiger partial charge in [-0.15, -0.1) is 0 Å². The van der Waals surface area contributed by atoms with Crippen molar-refractivity contribution in [3.8, 4) is 0 Å². The van der Waals surface area contributed by atoms with Crippen molar-refractivity contribution in [2.24, 2.45) is 0 Å². The highest BCUT2D eigenvalue weighted by molar-refractivity contribution is 5.97. The molecular formula is C18H28O5. The molecular weight excluding hydrogens is 296 g/mol. The smallest absolute Gasteiger partial charge is 0.303 e. The zero-order valence-electron chi connectivity index (χ0n) is 14.2. The van der Waals surface area contributed by atoms with Crippen molar-refractivity contribution in [2.45, 2.75) is 89.9 Å². The number of carbonyl (C=O) groups excluding carboxylic acids is 2. The van der Waals surface area contributed by atoms with Crippen LogP contribution >= 0.6 is 0 Å². The lowest BCUT2D eigenvalue weighted by molar-refractivity contribution is -0.156. The van der Waals surface area contributed by atoms with E-state index >= 15 is 0 Å². The molecule has 0 aromatic rings. The van der Waals surface area contributed by atoms with Crippen molar-refractivity contribution in [1.29, 1.82) is 0 Å². The van der Waals surface area contributed by atoms with E-state index in [1.54, 1.807) is 0 Å². The Morgan fingerprint density at radius 3 is 2.78 bits per heavy atom. The lowest BCUT2D eigenvalue weighted by Crippen LogP contribution is -2.39. The van der Waals surface area contributed by atoms with Crippen molar-refractivity contribution in [2.75, 3.05) is 0 Å². The first-order chi connectivity index (χ1) is 11.0. The number of allylic oxidation sites excluding steroid dienone is 1. The first kappa shape index (κ1) is 18.0. The minimum atomic E-state index is -0.705. The second kappa shape index (κ2) is 8.48. The normalized spacial score (nSPS) is 25.6. The Morgan fingerprint density at radius 2 is 2.09 bits per heavy atom. The summed E-state index contributed by atoms with van der Waals surface area (Å²) >= 11 is 0. The molecule has 0 amide bonds. The second-order valence-electron chi connectivity index (χ2n) is 6.51. The highest BCUT2D eigenvalue weighted by Crippen LogP contribution is 2.35. The van der Waals surface area contributed by atoms with Gasteiger partial charge >= 0.3 is 5.97 Å². The Kier molecular flexibility index (Phi) is 6.63. The fourth-order valence-electron chi connectivity index (χ4n) is 3.38. The number of esters is 1. The van der Waals surface area contributed by atoms with Gasteiger partial charge < -0.3 is 14.6 Å². The summed E-state index contributed by atoms with van der Waals surface area (Å²) in [6.45, 7) is 3.56. The minimum absolute atomic E-state index is 0.0794. The molecule has 3 atom stereocenters. The molecule has 0 saturated heterocycles. The number of hydrogen-bond acceptors (Lipinski definition) is 5. The maximum Gasteiger partial charge on any atom is 0.303 e. The number of hydrogen-bond donors (Lipinski definition) is 1. The van der Waals surface area contributed by atoms with Gasteiger partial charge in [0.15, 0.2) is 5.78 Å². The van der Waals surface area contributed by atoms with Crippen LogP contribution in [0.5, 0.6) is 0 Å². The van der Waals surface area contributed by atoms with Crippen LogP contribution in [0.25, 0.3) is 0 Å². The van der Waals surface area contributed by atoms with Gasteiger partial charge in [0.1, 0.15) is 24.1 Å². The van der Waals surface area contributed by atoms with Crippen molar-refractivity contribution in [1.82, 2.24) is 0 Å². The third-order valence-corrected chi connectivity index (χ3v) is 4.61. The molecule has 1 N–H and O–H groups in total. The minimum Gasteiger partial charge on any atom is -0.488 e. The fraction of sp³-hybridized carbons (Fsp3) is 0.778. The van der Waals surface area contributed by atoms with Crippen LogP contribution in [-0.2, 0) is 19.1 Å². The average Bonchev–Trinajstić information content (AvgIpc) is 2.53. The lowest BCUT2D eigenvalue weighted by atomic mass is 9.87. The molecule has 2 rings (SSSR count). The molecule has 2 aliphatic rings. The number of aliphatic hydroxyl groups is 1. The Morgan fingerprint density at radius 1 is 1.30 bits per heavy atom. The van der Waals surface area contributed by atoms with Crippen LogP contribution in [0.4, 0.5) is 0 Å². The summed E-state index contributed by atoms with van der Waals surface area (Å²) in [7, 11) is 0. The summed E-state index contributed by atoms with van der Waals surface area (Å²) in [5, 5.41) is 10.1. The number of unbranched alkanes of at least 4 members (excludes halogenated alkanes) is 3. The standard InChI is InChI=1S/C18H28O5/c1-3-4-5-6-7-16(22-12(2)19)17-11-8-13-14(20)9-10-15(21)18(13)23-17/h15-17,21H,3-11H2,1-2H3/t15-,16+,17-/m1/s1. The predicted molar refractivity (Wildman–Crippen MR) is 85.7 cm³/mol. The van der Waals surface area contributed by atoms with E-state index in [1.807, 2.05) is 0 Å². The molecule has 1 heterocycles. The third-order valence-electron chi connectivity index (χ3n) is 4.61. The number of carbonyl (C=O) groups is 2. The molecule has 1 aliphatic heterocycles. The van der Waals surface area contributed by atoms with Gasteiger partial charge in [-0.05, 0) is 32.1 Å². The molecule has 0 radical (unpaired) electrons.